The number of aryl methyl sites for hydroxylation is 3. The lowest BCUT2D eigenvalue weighted by Gasteiger charge is -2.16. The Morgan fingerprint density at radius 3 is 2.41 bits per heavy atom. The minimum atomic E-state index is -0.586. The van der Waals surface area contributed by atoms with Gasteiger partial charge in [0.05, 0.1) is 0 Å². The first-order valence-electron chi connectivity index (χ1n) is 7.18. The molecular formula is C18H20ClNO2. The molecule has 2 aromatic rings. The van der Waals surface area contributed by atoms with E-state index >= 15 is 0 Å². The van der Waals surface area contributed by atoms with E-state index in [0.29, 0.717) is 10.8 Å². The summed E-state index contributed by atoms with van der Waals surface area (Å²) in [6, 6.07) is 11.1. The average molecular weight is 318 g/mol. The Labute approximate surface area is 136 Å². The van der Waals surface area contributed by atoms with E-state index in [1.54, 1.807) is 19.1 Å². The number of nitrogens with one attached hydrogen (secondary N) is 1. The number of benzene rings is 2. The Kier molecular flexibility index (Phi) is 5.09. The van der Waals surface area contributed by atoms with Gasteiger partial charge in [-0.05, 0) is 74.7 Å². The lowest BCUT2D eigenvalue weighted by Crippen LogP contribution is -2.30. The van der Waals surface area contributed by atoms with Gasteiger partial charge >= 0.3 is 0 Å². The highest BCUT2D eigenvalue weighted by molar-refractivity contribution is 6.30. The minimum Gasteiger partial charge on any atom is -0.481 e. The third-order valence-corrected chi connectivity index (χ3v) is 3.84. The zero-order chi connectivity index (χ0) is 16.3. The molecule has 0 aliphatic carbocycles. The fraction of sp³-hybridized carbons (Fsp3) is 0.278. The molecule has 2 rings (SSSR count). The van der Waals surface area contributed by atoms with E-state index in [1.807, 2.05) is 45.0 Å². The van der Waals surface area contributed by atoms with Gasteiger partial charge in [0.1, 0.15) is 5.75 Å². The summed E-state index contributed by atoms with van der Waals surface area (Å²) in [5, 5.41) is 3.51. The van der Waals surface area contributed by atoms with E-state index in [0.717, 1.165) is 16.8 Å². The van der Waals surface area contributed by atoms with Gasteiger partial charge in [0.2, 0.25) is 0 Å². The predicted octanol–water partition coefficient (Wildman–Crippen LogP) is 4.67. The van der Waals surface area contributed by atoms with E-state index in [1.165, 1.54) is 5.56 Å². The maximum absolute atomic E-state index is 12.2. The Morgan fingerprint density at radius 2 is 1.77 bits per heavy atom. The summed E-state index contributed by atoms with van der Waals surface area (Å²) in [7, 11) is 0. The lowest BCUT2D eigenvalue weighted by atomic mass is 10.1. The molecular weight excluding hydrogens is 298 g/mol. The molecule has 0 aliphatic rings. The van der Waals surface area contributed by atoms with Crippen molar-refractivity contribution in [3.05, 3.63) is 58.1 Å². The standard InChI is InChI=1S/C18H20ClNO2/c1-11-5-7-16(10-12(11)2)22-14(4)18(21)20-17-8-6-15(19)9-13(17)3/h5-10,14H,1-4H3,(H,20,21)/t14-/m0/s1. The summed E-state index contributed by atoms with van der Waals surface area (Å²) in [6.45, 7) is 7.69. The molecule has 0 heterocycles. The molecule has 0 spiro atoms. The van der Waals surface area contributed by atoms with Crippen molar-refractivity contribution >= 4 is 23.2 Å². The molecule has 0 aliphatic heterocycles. The second-order valence-electron chi connectivity index (χ2n) is 5.45. The van der Waals surface area contributed by atoms with Crippen molar-refractivity contribution in [1.29, 1.82) is 0 Å². The van der Waals surface area contributed by atoms with E-state index < -0.39 is 6.10 Å². The highest BCUT2D eigenvalue weighted by atomic mass is 35.5. The molecule has 2 aromatic carbocycles. The van der Waals surface area contributed by atoms with Crippen LogP contribution in [-0.2, 0) is 4.79 Å². The third-order valence-electron chi connectivity index (χ3n) is 3.61. The quantitative estimate of drug-likeness (QED) is 0.889. The molecule has 116 valence electrons. The molecule has 0 fully saturated rings. The zero-order valence-electron chi connectivity index (χ0n) is 13.2. The van der Waals surface area contributed by atoms with E-state index in [4.69, 9.17) is 16.3 Å². The van der Waals surface area contributed by atoms with Crippen molar-refractivity contribution in [2.75, 3.05) is 5.32 Å². The van der Waals surface area contributed by atoms with Gasteiger partial charge in [-0.2, -0.15) is 0 Å². The van der Waals surface area contributed by atoms with Gasteiger partial charge in [0.15, 0.2) is 6.10 Å². The highest BCUT2D eigenvalue weighted by Crippen LogP contribution is 2.21. The number of rotatable bonds is 4. The highest BCUT2D eigenvalue weighted by Gasteiger charge is 2.16. The molecule has 0 aromatic heterocycles. The maximum atomic E-state index is 12.2. The first-order valence-corrected chi connectivity index (χ1v) is 7.55. The molecule has 0 saturated carbocycles. The van der Waals surface area contributed by atoms with E-state index in [9.17, 15) is 4.79 Å². The average Bonchev–Trinajstić information content (AvgIpc) is 2.45. The van der Waals surface area contributed by atoms with Crippen molar-refractivity contribution < 1.29 is 9.53 Å². The van der Waals surface area contributed by atoms with Crippen LogP contribution in [0.4, 0.5) is 5.69 Å². The van der Waals surface area contributed by atoms with Gasteiger partial charge in [0, 0.05) is 10.7 Å². The molecule has 1 amide bonds. The van der Waals surface area contributed by atoms with Crippen LogP contribution in [0, 0.1) is 20.8 Å². The Hall–Kier alpha value is -2.00. The number of halogens is 1. The maximum Gasteiger partial charge on any atom is 0.265 e. The molecule has 3 nitrogen and oxygen atoms in total. The van der Waals surface area contributed by atoms with Crippen LogP contribution in [0.25, 0.3) is 0 Å². The predicted molar refractivity (Wildman–Crippen MR) is 90.8 cm³/mol. The minimum absolute atomic E-state index is 0.191. The number of ether oxygens (including phenoxy) is 1. The molecule has 0 bridgehead atoms. The second-order valence-corrected chi connectivity index (χ2v) is 5.89. The third kappa shape index (κ3) is 4.01. The normalized spacial score (nSPS) is 11.9. The van der Waals surface area contributed by atoms with E-state index in [-0.39, 0.29) is 5.91 Å². The number of hydrogen-bond acceptors (Lipinski definition) is 2. The summed E-state index contributed by atoms with van der Waals surface area (Å²) >= 11 is 5.91. The van der Waals surface area contributed by atoms with Crippen LogP contribution >= 0.6 is 11.6 Å². The molecule has 0 unspecified atom stereocenters. The number of anilines is 1. The fourth-order valence-corrected chi connectivity index (χ4v) is 2.27. The molecule has 0 saturated heterocycles. The van der Waals surface area contributed by atoms with Crippen LogP contribution < -0.4 is 10.1 Å². The molecule has 22 heavy (non-hydrogen) atoms. The van der Waals surface area contributed by atoms with Gasteiger partial charge < -0.3 is 10.1 Å². The van der Waals surface area contributed by atoms with Gasteiger partial charge in [-0.3, -0.25) is 4.79 Å². The Bertz CT molecular complexity index is 697. The van der Waals surface area contributed by atoms with Crippen LogP contribution in [-0.4, -0.2) is 12.0 Å². The number of hydrogen-bond donors (Lipinski definition) is 1. The van der Waals surface area contributed by atoms with Crippen molar-refractivity contribution in [3.63, 3.8) is 0 Å². The number of amides is 1. The van der Waals surface area contributed by atoms with Gasteiger partial charge in [-0.1, -0.05) is 17.7 Å². The summed E-state index contributed by atoms with van der Waals surface area (Å²) in [4.78, 5) is 12.2. The molecule has 4 heteroatoms. The van der Waals surface area contributed by atoms with Crippen LogP contribution in [0.15, 0.2) is 36.4 Å². The first kappa shape index (κ1) is 16.4. The van der Waals surface area contributed by atoms with Crippen LogP contribution in [0.1, 0.15) is 23.6 Å². The van der Waals surface area contributed by atoms with Crippen molar-refractivity contribution in [1.82, 2.24) is 0 Å². The van der Waals surface area contributed by atoms with Crippen molar-refractivity contribution in [2.24, 2.45) is 0 Å². The second kappa shape index (κ2) is 6.84. The lowest BCUT2D eigenvalue weighted by molar-refractivity contribution is -0.122. The Morgan fingerprint density at radius 1 is 1.05 bits per heavy atom. The number of carbonyl (C=O) groups is 1. The number of carbonyl (C=O) groups excluding carboxylic acids is 1. The molecule has 1 N–H and O–H groups in total. The fourth-order valence-electron chi connectivity index (χ4n) is 2.05. The summed E-state index contributed by atoms with van der Waals surface area (Å²) in [5.41, 5.74) is 3.99. The van der Waals surface area contributed by atoms with Gasteiger partial charge in [0.25, 0.3) is 5.91 Å². The van der Waals surface area contributed by atoms with Crippen LogP contribution in [0.5, 0.6) is 5.75 Å². The summed E-state index contributed by atoms with van der Waals surface area (Å²) < 4.78 is 5.71. The monoisotopic (exact) mass is 317 g/mol. The topological polar surface area (TPSA) is 38.3 Å². The zero-order valence-corrected chi connectivity index (χ0v) is 14.0. The first-order chi connectivity index (χ1) is 10.4. The van der Waals surface area contributed by atoms with E-state index in [2.05, 4.69) is 5.32 Å². The van der Waals surface area contributed by atoms with Crippen molar-refractivity contribution in [3.8, 4) is 5.75 Å². The van der Waals surface area contributed by atoms with Crippen LogP contribution in [0.2, 0.25) is 5.02 Å². The SMILES string of the molecule is Cc1ccc(O[C@@H](C)C(=O)Nc2ccc(Cl)cc2C)cc1C. The molecule has 1 atom stereocenters. The smallest absolute Gasteiger partial charge is 0.265 e. The Balaban J connectivity index is 2.04. The van der Waals surface area contributed by atoms with Gasteiger partial charge in [-0.15, -0.1) is 0 Å². The van der Waals surface area contributed by atoms with Crippen LogP contribution in [0.3, 0.4) is 0 Å². The van der Waals surface area contributed by atoms with Crippen molar-refractivity contribution in [2.45, 2.75) is 33.8 Å². The molecule has 0 radical (unpaired) electrons. The summed E-state index contributed by atoms with van der Waals surface area (Å²) in [6.07, 6.45) is -0.586. The van der Waals surface area contributed by atoms with Gasteiger partial charge in [-0.25, -0.2) is 0 Å². The largest absolute Gasteiger partial charge is 0.481 e. The summed E-state index contributed by atoms with van der Waals surface area (Å²) in [5.74, 6) is 0.502.